The molecule has 4 heteroatoms. The molecule has 1 aliphatic carbocycles. The van der Waals surface area contributed by atoms with E-state index in [1.165, 1.54) is 19.1 Å². The third-order valence-corrected chi connectivity index (χ3v) is 3.42. The van der Waals surface area contributed by atoms with E-state index in [0.717, 1.165) is 18.7 Å². The Morgan fingerprint density at radius 1 is 1.36 bits per heavy atom. The van der Waals surface area contributed by atoms with Crippen molar-refractivity contribution >= 4 is 30.5 Å². The first-order chi connectivity index (χ1) is 6.77. The maximum Gasteiger partial charge on any atom is 0.195 e. The van der Waals surface area contributed by atoms with Crippen LogP contribution in [0.3, 0.4) is 0 Å². The van der Waals surface area contributed by atoms with Crippen LogP contribution in [0.25, 0.3) is 0 Å². The lowest BCUT2D eigenvalue weighted by atomic mass is 9.87. The minimum atomic E-state index is 0.000253. The van der Waals surface area contributed by atoms with Crippen LogP contribution in [-0.2, 0) is 4.79 Å². The van der Waals surface area contributed by atoms with Crippen molar-refractivity contribution in [1.82, 2.24) is 0 Å². The minimum Gasteiger partial charge on any atom is -0.291 e. The van der Waals surface area contributed by atoms with Crippen molar-refractivity contribution in [3.63, 3.8) is 0 Å². The zero-order valence-corrected chi connectivity index (χ0v) is 8.91. The fourth-order valence-corrected chi connectivity index (χ4v) is 2.47. The summed E-state index contributed by atoms with van der Waals surface area (Å²) in [6, 6.07) is 0. The van der Waals surface area contributed by atoms with Gasteiger partial charge in [0.15, 0.2) is 5.78 Å². The Hall–Kier alpha value is -0.640. The van der Waals surface area contributed by atoms with Crippen molar-refractivity contribution in [2.45, 2.75) is 30.9 Å². The first-order valence-electron chi connectivity index (χ1n) is 5.06. The first kappa shape index (κ1) is 9.90. The van der Waals surface area contributed by atoms with E-state index in [0.29, 0.717) is 11.2 Å². The molecule has 3 nitrogen and oxygen atoms in total. The summed E-state index contributed by atoms with van der Waals surface area (Å²) in [5, 5.41) is 0.368. The quantitative estimate of drug-likeness (QED) is 0.655. The normalized spacial score (nSPS) is 32.9. The number of rotatable bonds is 1. The highest BCUT2D eigenvalue weighted by molar-refractivity contribution is 7.81. The van der Waals surface area contributed by atoms with Gasteiger partial charge in [-0.05, 0) is 12.8 Å². The summed E-state index contributed by atoms with van der Waals surface area (Å²) < 4.78 is 0. The lowest BCUT2D eigenvalue weighted by Crippen LogP contribution is -2.29. The molecule has 2 rings (SSSR count). The zero-order valence-electron chi connectivity index (χ0n) is 8.02. The van der Waals surface area contributed by atoms with E-state index >= 15 is 0 Å². The number of ketones is 1. The van der Waals surface area contributed by atoms with Crippen LogP contribution < -0.4 is 0 Å². The summed E-state index contributed by atoms with van der Waals surface area (Å²) in [4.78, 5) is 19.2. The molecule has 0 radical (unpaired) electrons. The van der Waals surface area contributed by atoms with E-state index in [4.69, 9.17) is 0 Å². The van der Waals surface area contributed by atoms with E-state index in [9.17, 15) is 4.79 Å². The van der Waals surface area contributed by atoms with E-state index in [1.54, 1.807) is 0 Å². The summed E-state index contributed by atoms with van der Waals surface area (Å²) in [7, 11) is 0. The molecule has 1 fully saturated rings. The second-order valence-corrected chi connectivity index (χ2v) is 4.52. The van der Waals surface area contributed by atoms with Crippen LogP contribution in [-0.4, -0.2) is 29.6 Å². The van der Waals surface area contributed by atoms with Crippen molar-refractivity contribution in [2.75, 3.05) is 6.54 Å². The Balaban J connectivity index is 2.07. The number of carbonyl (C=O) groups excluding carboxylic acids is 1. The summed E-state index contributed by atoms with van der Waals surface area (Å²) in [5.74, 6) is 1.20. The highest BCUT2D eigenvalue weighted by Crippen LogP contribution is 2.30. The van der Waals surface area contributed by atoms with Crippen LogP contribution in [0.4, 0.5) is 0 Å². The molecular formula is C10H14N2OS. The molecule has 2 aliphatic rings. The molecule has 0 N–H and O–H groups in total. The molecule has 0 spiro atoms. The fourth-order valence-electron chi connectivity index (χ4n) is 2.00. The van der Waals surface area contributed by atoms with E-state index < -0.39 is 0 Å². The standard InChI is InChI=1S/C10H14N2OS/c13-7-5-11-10(12-6-7)8-3-1-2-4-9(8)14/h5,8-9,14H,1-4,6H2. The van der Waals surface area contributed by atoms with Gasteiger partial charge in [-0.3, -0.25) is 9.79 Å². The Bertz CT molecular complexity index is 298. The molecule has 14 heavy (non-hydrogen) atoms. The lowest BCUT2D eigenvalue weighted by molar-refractivity contribution is -0.111. The van der Waals surface area contributed by atoms with Crippen LogP contribution in [0.2, 0.25) is 0 Å². The predicted octanol–water partition coefficient (Wildman–Crippen LogP) is 1.53. The highest BCUT2D eigenvalue weighted by atomic mass is 32.1. The number of amidine groups is 1. The predicted molar refractivity (Wildman–Crippen MR) is 60.5 cm³/mol. The van der Waals surface area contributed by atoms with Crippen molar-refractivity contribution in [2.24, 2.45) is 15.9 Å². The Morgan fingerprint density at radius 2 is 2.14 bits per heavy atom. The summed E-state index contributed by atoms with van der Waals surface area (Å²) in [5.41, 5.74) is 0. The highest BCUT2D eigenvalue weighted by Gasteiger charge is 2.27. The van der Waals surface area contributed by atoms with Crippen LogP contribution in [0, 0.1) is 5.92 Å². The molecule has 1 saturated carbocycles. The molecule has 1 aliphatic heterocycles. The molecule has 0 aromatic carbocycles. The number of hydrogen-bond acceptors (Lipinski definition) is 4. The molecule has 2 atom stereocenters. The Kier molecular flexibility index (Phi) is 3.01. The second kappa shape index (κ2) is 4.26. The smallest absolute Gasteiger partial charge is 0.195 e. The Labute approximate surface area is 89.1 Å². The summed E-state index contributed by atoms with van der Waals surface area (Å²) in [6.45, 7) is 0.274. The number of aliphatic imine (C=N–C) groups is 2. The first-order valence-corrected chi connectivity index (χ1v) is 5.58. The lowest BCUT2D eigenvalue weighted by Gasteiger charge is -2.27. The molecule has 0 bridgehead atoms. The van der Waals surface area contributed by atoms with Gasteiger partial charge in [-0.2, -0.15) is 12.6 Å². The molecule has 0 amide bonds. The maximum atomic E-state index is 10.9. The number of hydrogen-bond donors (Lipinski definition) is 1. The van der Waals surface area contributed by atoms with Crippen LogP contribution >= 0.6 is 12.6 Å². The number of Topliss-reactive ketones (excluding diaryl/α,β-unsaturated/α-hetero) is 1. The molecule has 0 aromatic rings. The molecular weight excluding hydrogens is 196 g/mol. The van der Waals surface area contributed by atoms with Crippen molar-refractivity contribution in [3.05, 3.63) is 0 Å². The zero-order chi connectivity index (χ0) is 9.97. The van der Waals surface area contributed by atoms with E-state index in [-0.39, 0.29) is 12.3 Å². The van der Waals surface area contributed by atoms with Crippen molar-refractivity contribution < 1.29 is 4.79 Å². The van der Waals surface area contributed by atoms with Gasteiger partial charge in [0.05, 0.1) is 6.21 Å². The van der Waals surface area contributed by atoms with Gasteiger partial charge in [-0.25, -0.2) is 4.99 Å². The average Bonchev–Trinajstić information content (AvgIpc) is 2.20. The average molecular weight is 210 g/mol. The topological polar surface area (TPSA) is 41.8 Å². The maximum absolute atomic E-state index is 10.9. The third-order valence-electron chi connectivity index (χ3n) is 2.80. The Morgan fingerprint density at radius 3 is 2.79 bits per heavy atom. The van der Waals surface area contributed by atoms with Gasteiger partial charge in [0, 0.05) is 11.2 Å². The molecule has 0 aromatic heterocycles. The van der Waals surface area contributed by atoms with Gasteiger partial charge in [0.1, 0.15) is 12.4 Å². The van der Waals surface area contributed by atoms with Gasteiger partial charge in [0.25, 0.3) is 0 Å². The monoisotopic (exact) mass is 210 g/mol. The van der Waals surface area contributed by atoms with Gasteiger partial charge in [-0.1, -0.05) is 12.8 Å². The fraction of sp³-hybridized carbons (Fsp3) is 0.700. The van der Waals surface area contributed by atoms with Crippen molar-refractivity contribution in [1.29, 1.82) is 0 Å². The summed E-state index contributed by atoms with van der Waals surface area (Å²) in [6.07, 6.45) is 6.12. The largest absolute Gasteiger partial charge is 0.291 e. The van der Waals surface area contributed by atoms with Crippen LogP contribution in [0.15, 0.2) is 9.98 Å². The number of carbonyl (C=O) groups is 1. The van der Waals surface area contributed by atoms with Gasteiger partial charge >= 0.3 is 0 Å². The molecule has 76 valence electrons. The van der Waals surface area contributed by atoms with E-state index in [2.05, 4.69) is 22.6 Å². The van der Waals surface area contributed by atoms with Crippen LogP contribution in [0.5, 0.6) is 0 Å². The number of thiol groups is 1. The minimum absolute atomic E-state index is 0.000253. The molecule has 0 saturated heterocycles. The van der Waals surface area contributed by atoms with Gasteiger partial charge < -0.3 is 0 Å². The second-order valence-electron chi connectivity index (χ2n) is 3.86. The third kappa shape index (κ3) is 2.05. The van der Waals surface area contributed by atoms with Crippen LogP contribution in [0.1, 0.15) is 25.7 Å². The summed E-state index contributed by atoms with van der Waals surface area (Å²) >= 11 is 4.55. The van der Waals surface area contributed by atoms with Gasteiger partial charge in [0.2, 0.25) is 0 Å². The molecule has 2 unspecified atom stereocenters. The molecule has 1 heterocycles. The van der Waals surface area contributed by atoms with E-state index in [1.807, 2.05) is 0 Å². The van der Waals surface area contributed by atoms with Crippen molar-refractivity contribution in [3.8, 4) is 0 Å². The number of nitrogens with zero attached hydrogens (tertiary/aromatic N) is 2. The SMILES string of the molecule is O=C1C=NC(C2CCCCC2S)=NC1. The van der Waals surface area contributed by atoms with Gasteiger partial charge in [-0.15, -0.1) is 0 Å².